The maximum absolute atomic E-state index is 12.5. The van der Waals surface area contributed by atoms with Gasteiger partial charge in [-0.2, -0.15) is 4.98 Å². The second-order valence-electron chi connectivity index (χ2n) is 6.34. The van der Waals surface area contributed by atoms with Crippen LogP contribution in [0.25, 0.3) is 0 Å². The van der Waals surface area contributed by atoms with Crippen LogP contribution in [0.4, 0.5) is 0 Å². The Balaban J connectivity index is 1.64. The summed E-state index contributed by atoms with van der Waals surface area (Å²) >= 11 is 1.23. The van der Waals surface area contributed by atoms with Gasteiger partial charge in [0.15, 0.2) is 5.82 Å². The number of hydrogen-bond donors (Lipinski definition) is 3. The summed E-state index contributed by atoms with van der Waals surface area (Å²) in [5.74, 6) is -4.30. The largest absolute Gasteiger partial charge is 0.481 e. The van der Waals surface area contributed by atoms with Crippen molar-refractivity contribution in [2.45, 2.75) is 31.2 Å². The van der Waals surface area contributed by atoms with Crippen LogP contribution < -0.4 is 5.32 Å². The number of rotatable bonds is 8. The topological polar surface area (TPSA) is 189 Å². The maximum Gasteiger partial charge on any atom is 0.352 e. The molecular formula is C16H16N4O9S. The van der Waals surface area contributed by atoms with E-state index in [0.717, 1.165) is 4.90 Å². The molecule has 2 aliphatic rings. The molecule has 1 aromatic rings. The summed E-state index contributed by atoms with van der Waals surface area (Å²) in [5.41, 5.74) is 0.0274. The number of ether oxygens (including phenoxy) is 1. The molecule has 0 spiro atoms. The number of esters is 1. The van der Waals surface area contributed by atoms with Gasteiger partial charge in [0.1, 0.15) is 36.6 Å². The standard InChI is InChI=1S/C16H16N4O9S/c1-6(21)28-4-7-5-30-15-12(14(25)20(15)13(7)16(26)27)18-9(22)3-10-17-8(19-29-10)2-11(23)24/h12,15H,2-5H2,1H3,(H,18,22)(H,23,24)(H,26,27)/t12-,15-/m1/s1. The Hall–Kier alpha value is -3.42. The molecule has 3 rings (SSSR count). The Kier molecular flexibility index (Phi) is 6.05. The predicted octanol–water partition coefficient (Wildman–Crippen LogP) is -1.46. The normalized spacial score (nSPS) is 20.3. The van der Waals surface area contributed by atoms with Crippen molar-refractivity contribution in [2.24, 2.45) is 0 Å². The smallest absolute Gasteiger partial charge is 0.352 e. The van der Waals surface area contributed by atoms with Crippen molar-refractivity contribution in [3.05, 3.63) is 23.0 Å². The Bertz CT molecular complexity index is 956. The highest BCUT2D eigenvalue weighted by atomic mass is 32.2. The van der Waals surface area contributed by atoms with E-state index in [1.54, 1.807) is 0 Å². The summed E-state index contributed by atoms with van der Waals surface area (Å²) in [5, 5.41) is 23.5. The maximum atomic E-state index is 12.5. The molecule has 3 heterocycles. The van der Waals surface area contributed by atoms with Gasteiger partial charge in [0.2, 0.25) is 11.8 Å². The number of aliphatic carboxylic acids is 2. The van der Waals surface area contributed by atoms with Gasteiger partial charge in [0.05, 0.1) is 0 Å². The Labute approximate surface area is 172 Å². The fourth-order valence-electron chi connectivity index (χ4n) is 2.91. The average Bonchev–Trinajstić information content (AvgIpc) is 3.09. The van der Waals surface area contributed by atoms with Crippen LogP contribution in [0, 0.1) is 0 Å². The molecule has 0 radical (unpaired) electrons. The highest BCUT2D eigenvalue weighted by Gasteiger charge is 2.54. The van der Waals surface area contributed by atoms with E-state index in [0.29, 0.717) is 0 Å². The summed E-state index contributed by atoms with van der Waals surface area (Å²) < 4.78 is 9.65. The lowest BCUT2D eigenvalue weighted by atomic mass is 10.0. The van der Waals surface area contributed by atoms with Crippen molar-refractivity contribution in [3.8, 4) is 0 Å². The second-order valence-corrected chi connectivity index (χ2v) is 7.45. The third-order valence-corrected chi connectivity index (χ3v) is 5.49. The van der Waals surface area contributed by atoms with E-state index in [1.807, 2.05) is 0 Å². The van der Waals surface area contributed by atoms with Gasteiger partial charge >= 0.3 is 17.9 Å². The van der Waals surface area contributed by atoms with Crippen LogP contribution in [-0.2, 0) is 41.6 Å². The molecule has 1 aromatic heterocycles. The molecule has 14 heteroatoms. The number of thioether (sulfide) groups is 1. The first-order chi connectivity index (χ1) is 14.2. The molecular weight excluding hydrogens is 424 g/mol. The lowest BCUT2D eigenvalue weighted by Gasteiger charge is -2.49. The summed E-state index contributed by atoms with van der Waals surface area (Å²) in [6.07, 6.45) is -0.826. The van der Waals surface area contributed by atoms with Gasteiger partial charge in [-0.05, 0) is 0 Å². The number of hydrogen-bond acceptors (Lipinski definition) is 10. The SMILES string of the molecule is CC(=O)OCC1=C(C(=O)O)N2C(=O)[C@@H](NC(=O)Cc3nc(CC(=O)O)no3)[C@H]2SC1. The number of aromatic nitrogens is 2. The molecule has 3 N–H and O–H groups in total. The van der Waals surface area contributed by atoms with E-state index in [9.17, 15) is 29.1 Å². The first kappa shape index (κ1) is 21.3. The molecule has 160 valence electrons. The fraction of sp³-hybridized carbons (Fsp3) is 0.438. The molecule has 0 aromatic carbocycles. The number of amides is 2. The Morgan fingerprint density at radius 1 is 1.30 bits per heavy atom. The molecule has 2 atom stereocenters. The van der Waals surface area contributed by atoms with Crippen LogP contribution in [0.5, 0.6) is 0 Å². The third-order valence-electron chi connectivity index (χ3n) is 4.15. The molecule has 0 unspecified atom stereocenters. The minimum absolute atomic E-state index is 0.0874. The highest BCUT2D eigenvalue weighted by molar-refractivity contribution is 8.00. The number of fused-ring (bicyclic) bond motifs is 1. The molecule has 30 heavy (non-hydrogen) atoms. The minimum Gasteiger partial charge on any atom is -0.481 e. The lowest BCUT2D eigenvalue weighted by Crippen LogP contribution is -2.70. The van der Waals surface area contributed by atoms with Crippen molar-refractivity contribution < 1.29 is 43.4 Å². The van der Waals surface area contributed by atoms with E-state index in [2.05, 4.69) is 15.5 Å². The van der Waals surface area contributed by atoms with Crippen LogP contribution in [0.1, 0.15) is 18.6 Å². The van der Waals surface area contributed by atoms with Gasteiger partial charge in [-0.25, -0.2) is 4.79 Å². The van der Waals surface area contributed by atoms with E-state index in [-0.39, 0.29) is 41.8 Å². The van der Waals surface area contributed by atoms with Gasteiger partial charge in [-0.1, -0.05) is 5.16 Å². The van der Waals surface area contributed by atoms with Crippen LogP contribution in [0.15, 0.2) is 15.8 Å². The first-order valence-corrected chi connectivity index (χ1v) is 9.58. The average molecular weight is 440 g/mol. The number of nitrogens with zero attached hydrogens (tertiary/aromatic N) is 3. The number of carboxylic acids is 2. The summed E-state index contributed by atoms with van der Waals surface area (Å²) in [7, 11) is 0. The molecule has 0 saturated carbocycles. The molecule has 0 aliphatic carbocycles. The molecule has 1 saturated heterocycles. The first-order valence-electron chi connectivity index (χ1n) is 8.53. The van der Waals surface area contributed by atoms with E-state index in [4.69, 9.17) is 14.4 Å². The van der Waals surface area contributed by atoms with Crippen LogP contribution in [0.3, 0.4) is 0 Å². The lowest BCUT2D eigenvalue weighted by molar-refractivity contribution is -0.151. The highest BCUT2D eigenvalue weighted by Crippen LogP contribution is 2.40. The van der Waals surface area contributed by atoms with Gasteiger partial charge in [-0.15, -0.1) is 11.8 Å². The third kappa shape index (κ3) is 4.42. The second kappa shape index (κ2) is 8.52. The number of β-lactam (4-membered cyclic amide) rings is 1. The summed E-state index contributed by atoms with van der Waals surface area (Å²) in [6.45, 7) is 0.946. The van der Waals surface area contributed by atoms with Crippen molar-refractivity contribution in [1.82, 2.24) is 20.4 Å². The number of nitrogens with one attached hydrogen (secondary N) is 1. The Morgan fingerprint density at radius 2 is 2.03 bits per heavy atom. The quantitative estimate of drug-likeness (QED) is 0.315. The predicted molar refractivity (Wildman–Crippen MR) is 95.7 cm³/mol. The summed E-state index contributed by atoms with van der Waals surface area (Å²) in [4.78, 5) is 62.8. The van der Waals surface area contributed by atoms with E-state index in [1.165, 1.54) is 18.7 Å². The zero-order valence-electron chi connectivity index (χ0n) is 15.5. The zero-order chi connectivity index (χ0) is 22.0. The monoisotopic (exact) mass is 440 g/mol. The van der Waals surface area contributed by atoms with Gasteiger partial charge < -0.3 is 24.8 Å². The number of carboxylic acid groups (broad SMARTS) is 2. The van der Waals surface area contributed by atoms with Crippen molar-refractivity contribution in [3.63, 3.8) is 0 Å². The molecule has 2 amide bonds. The van der Waals surface area contributed by atoms with Crippen LogP contribution in [0.2, 0.25) is 0 Å². The molecule has 0 bridgehead atoms. The van der Waals surface area contributed by atoms with Crippen LogP contribution >= 0.6 is 11.8 Å². The Morgan fingerprint density at radius 3 is 2.67 bits per heavy atom. The fourth-order valence-corrected chi connectivity index (χ4v) is 4.24. The van der Waals surface area contributed by atoms with Crippen LogP contribution in [-0.4, -0.2) is 78.8 Å². The van der Waals surface area contributed by atoms with Crippen molar-refractivity contribution in [1.29, 1.82) is 0 Å². The number of carbonyl (C=O) groups is 5. The van der Waals surface area contributed by atoms with Gasteiger partial charge in [-0.3, -0.25) is 24.1 Å². The molecule has 13 nitrogen and oxygen atoms in total. The molecule has 2 aliphatic heterocycles. The van der Waals surface area contributed by atoms with E-state index >= 15 is 0 Å². The molecule has 1 fully saturated rings. The van der Waals surface area contributed by atoms with Gasteiger partial charge in [0.25, 0.3) is 5.91 Å². The minimum atomic E-state index is -1.34. The summed E-state index contributed by atoms with van der Waals surface area (Å²) in [6, 6.07) is -0.950. The zero-order valence-corrected chi connectivity index (χ0v) is 16.3. The van der Waals surface area contributed by atoms with Gasteiger partial charge in [0, 0.05) is 18.2 Å². The van der Waals surface area contributed by atoms with E-state index < -0.39 is 47.6 Å². The van der Waals surface area contributed by atoms with Crippen molar-refractivity contribution >= 4 is 41.5 Å². The number of carbonyl (C=O) groups excluding carboxylic acids is 3. The van der Waals surface area contributed by atoms with Crippen molar-refractivity contribution in [2.75, 3.05) is 12.4 Å².